The van der Waals surface area contributed by atoms with E-state index >= 15 is 0 Å². The predicted molar refractivity (Wildman–Crippen MR) is 83.5 cm³/mol. The van der Waals surface area contributed by atoms with E-state index in [1.807, 2.05) is 18.2 Å². The summed E-state index contributed by atoms with van der Waals surface area (Å²) in [5, 5.41) is 4.02. The molecule has 1 aromatic heterocycles. The number of pyridine rings is 1. The lowest BCUT2D eigenvalue weighted by atomic mass is 10.1. The fourth-order valence-corrected chi connectivity index (χ4v) is 3.79. The molecule has 0 saturated carbocycles. The zero-order valence-corrected chi connectivity index (χ0v) is 13.1. The van der Waals surface area contributed by atoms with Gasteiger partial charge in [0.1, 0.15) is 10.7 Å². The number of nitrogens with zero attached hydrogens (tertiary/aromatic N) is 1. The Morgan fingerprint density at radius 1 is 1.29 bits per heavy atom. The molecule has 3 rings (SSSR count). The van der Waals surface area contributed by atoms with Crippen molar-refractivity contribution in [3.05, 3.63) is 52.7 Å². The van der Waals surface area contributed by atoms with Crippen molar-refractivity contribution in [2.24, 2.45) is 0 Å². The fraction of sp³-hybridized carbons (Fsp3) is 0.267. The van der Waals surface area contributed by atoms with Crippen LogP contribution in [0.4, 0.5) is 5.82 Å². The summed E-state index contributed by atoms with van der Waals surface area (Å²) in [4.78, 5) is 4.40. The Bertz CT molecular complexity index is 790. The number of sulfone groups is 1. The first kappa shape index (κ1) is 14.4. The largest absolute Gasteiger partial charge is 0.362 e. The van der Waals surface area contributed by atoms with Crippen LogP contribution in [0.15, 0.2) is 41.4 Å². The summed E-state index contributed by atoms with van der Waals surface area (Å²) < 4.78 is 23.7. The topological polar surface area (TPSA) is 59.1 Å². The second-order valence-electron chi connectivity index (χ2n) is 5.17. The number of hydrogen-bond donors (Lipinski definition) is 1. The second kappa shape index (κ2) is 5.31. The first-order chi connectivity index (χ1) is 9.97. The summed E-state index contributed by atoms with van der Waals surface area (Å²) in [7, 11) is -3.31. The molecule has 0 saturated heterocycles. The van der Waals surface area contributed by atoms with Crippen LogP contribution in [0.3, 0.4) is 0 Å². The Morgan fingerprint density at radius 3 is 2.86 bits per heavy atom. The maximum atomic E-state index is 11.8. The molecule has 1 atom stereocenters. The highest BCUT2D eigenvalue weighted by Gasteiger charge is 2.26. The number of anilines is 1. The van der Waals surface area contributed by atoms with Crippen molar-refractivity contribution in [3.8, 4) is 0 Å². The SMILES string of the molecule is CS(=O)(=O)c1cccnc1NC1CCc2c(Cl)cccc21. The van der Waals surface area contributed by atoms with Gasteiger partial charge < -0.3 is 5.32 Å². The van der Waals surface area contributed by atoms with Crippen molar-refractivity contribution < 1.29 is 8.42 Å². The summed E-state index contributed by atoms with van der Waals surface area (Å²) in [5.41, 5.74) is 2.25. The molecule has 0 spiro atoms. The molecule has 0 aliphatic heterocycles. The minimum absolute atomic E-state index is 0.0362. The van der Waals surface area contributed by atoms with Gasteiger partial charge in [-0.3, -0.25) is 0 Å². The molecule has 0 amide bonds. The molecule has 1 unspecified atom stereocenters. The van der Waals surface area contributed by atoms with Gasteiger partial charge in [0.05, 0.1) is 6.04 Å². The summed E-state index contributed by atoms with van der Waals surface area (Å²) in [6, 6.07) is 9.05. The molecule has 1 aromatic carbocycles. The maximum absolute atomic E-state index is 11.8. The lowest BCUT2D eigenvalue weighted by Gasteiger charge is -2.16. The van der Waals surface area contributed by atoms with Crippen molar-refractivity contribution in [2.75, 3.05) is 11.6 Å². The van der Waals surface area contributed by atoms with Crippen LogP contribution in [0.5, 0.6) is 0 Å². The van der Waals surface area contributed by atoms with Crippen LogP contribution >= 0.6 is 11.6 Å². The van der Waals surface area contributed by atoms with Gasteiger partial charge in [-0.15, -0.1) is 0 Å². The van der Waals surface area contributed by atoms with Crippen LogP contribution in [0.1, 0.15) is 23.6 Å². The third-order valence-electron chi connectivity index (χ3n) is 3.69. The highest BCUT2D eigenvalue weighted by Crippen LogP contribution is 2.37. The molecule has 0 radical (unpaired) electrons. The number of halogens is 1. The predicted octanol–water partition coefficient (Wildman–Crippen LogP) is 3.24. The van der Waals surface area contributed by atoms with Crippen molar-refractivity contribution in [1.82, 2.24) is 4.98 Å². The highest BCUT2D eigenvalue weighted by molar-refractivity contribution is 7.90. The zero-order chi connectivity index (χ0) is 15.0. The summed E-state index contributed by atoms with van der Waals surface area (Å²) in [6.45, 7) is 0. The van der Waals surface area contributed by atoms with Gasteiger partial charge in [0.25, 0.3) is 0 Å². The van der Waals surface area contributed by atoms with E-state index in [1.54, 1.807) is 18.3 Å². The summed E-state index contributed by atoms with van der Waals surface area (Å²) >= 11 is 6.20. The van der Waals surface area contributed by atoms with Crippen LogP contribution in [0.2, 0.25) is 5.02 Å². The van der Waals surface area contributed by atoms with Gasteiger partial charge in [-0.25, -0.2) is 13.4 Å². The normalized spacial score (nSPS) is 17.5. The molecule has 21 heavy (non-hydrogen) atoms. The van der Waals surface area contributed by atoms with E-state index in [-0.39, 0.29) is 10.9 Å². The standard InChI is InChI=1S/C15H15ClN2O2S/c1-21(19,20)14-6-3-9-17-15(14)18-13-8-7-10-11(13)4-2-5-12(10)16/h2-6,9,13H,7-8H2,1H3,(H,17,18). The average molecular weight is 323 g/mol. The number of rotatable bonds is 3. The quantitative estimate of drug-likeness (QED) is 0.942. The molecule has 4 nitrogen and oxygen atoms in total. The van der Waals surface area contributed by atoms with Gasteiger partial charge in [0.2, 0.25) is 0 Å². The van der Waals surface area contributed by atoms with E-state index in [2.05, 4.69) is 10.3 Å². The number of hydrogen-bond acceptors (Lipinski definition) is 4. The number of fused-ring (bicyclic) bond motifs is 1. The molecule has 6 heteroatoms. The summed E-state index contributed by atoms with van der Waals surface area (Å²) in [5.74, 6) is 0.401. The molecule has 110 valence electrons. The lowest BCUT2D eigenvalue weighted by molar-refractivity contribution is 0.601. The molecule has 0 fully saturated rings. The first-order valence-corrected chi connectivity index (χ1v) is 8.92. The zero-order valence-electron chi connectivity index (χ0n) is 11.5. The van der Waals surface area contributed by atoms with Crippen LogP contribution in [-0.2, 0) is 16.3 Å². The molecule has 0 bridgehead atoms. The van der Waals surface area contributed by atoms with Gasteiger partial charge >= 0.3 is 0 Å². The molecule has 1 N–H and O–H groups in total. The van der Waals surface area contributed by atoms with Gasteiger partial charge in [0.15, 0.2) is 9.84 Å². The van der Waals surface area contributed by atoms with Crippen LogP contribution in [0.25, 0.3) is 0 Å². The van der Waals surface area contributed by atoms with Crippen LogP contribution in [-0.4, -0.2) is 19.7 Å². The molecular formula is C15H15ClN2O2S. The van der Waals surface area contributed by atoms with Crippen molar-refractivity contribution in [2.45, 2.75) is 23.8 Å². The van der Waals surface area contributed by atoms with Crippen LogP contribution in [0, 0.1) is 0 Å². The van der Waals surface area contributed by atoms with Gasteiger partial charge in [-0.1, -0.05) is 23.7 Å². The van der Waals surface area contributed by atoms with E-state index in [0.717, 1.165) is 29.0 Å². The van der Waals surface area contributed by atoms with E-state index in [0.29, 0.717) is 5.82 Å². The Labute approximate surface area is 129 Å². The first-order valence-electron chi connectivity index (χ1n) is 6.66. The van der Waals surface area contributed by atoms with E-state index < -0.39 is 9.84 Å². The minimum Gasteiger partial charge on any atom is -0.362 e. The molecule has 1 heterocycles. The average Bonchev–Trinajstić information content (AvgIpc) is 2.83. The second-order valence-corrected chi connectivity index (χ2v) is 7.56. The van der Waals surface area contributed by atoms with Gasteiger partial charge in [-0.05, 0) is 42.2 Å². The molecule has 1 aliphatic rings. The molecular weight excluding hydrogens is 308 g/mol. The molecule has 1 aliphatic carbocycles. The molecule has 2 aromatic rings. The Kier molecular flexibility index (Phi) is 3.63. The minimum atomic E-state index is -3.31. The lowest BCUT2D eigenvalue weighted by Crippen LogP contribution is -2.12. The van der Waals surface area contributed by atoms with Crippen molar-refractivity contribution >= 4 is 27.3 Å². The van der Waals surface area contributed by atoms with Crippen LogP contribution < -0.4 is 5.32 Å². The van der Waals surface area contributed by atoms with E-state index in [9.17, 15) is 8.42 Å². The monoisotopic (exact) mass is 322 g/mol. The number of benzene rings is 1. The van der Waals surface area contributed by atoms with Gasteiger partial charge in [-0.2, -0.15) is 0 Å². The Hall–Kier alpha value is -1.59. The third kappa shape index (κ3) is 2.76. The van der Waals surface area contributed by atoms with Gasteiger partial charge in [0, 0.05) is 17.5 Å². The third-order valence-corrected chi connectivity index (χ3v) is 5.18. The smallest absolute Gasteiger partial charge is 0.179 e. The van der Waals surface area contributed by atoms with E-state index in [1.165, 1.54) is 6.26 Å². The van der Waals surface area contributed by atoms with Crippen molar-refractivity contribution in [3.63, 3.8) is 0 Å². The Balaban J connectivity index is 1.96. The summed E-state index contributed by atoms with van der Waals surface area (Å²) in [6.07, 6.45) is 4.53. The number of nitrogens with one attached hydrogen (secondary N) is 1. The number of aromatic nitrogens is 1. The Morgan fingerprint density at radius 2 is 2.10 bits per heavy atom. The van der Waals surface area contributed by atoms with Crippen molar-refractivity contribution in [1.29, 1.82) is 0 Å². The highest BCUT2D eigenvalue weighted by atomic mass is 35.5. The van der Waals surface area contributed by atoms with E-state index in [4.69, 9.17) is 11.6 Å². The fourth-order valence-electron chi connectivity index (χ4n) is 2.72. The maximum Gasteiger partial charge on any atom is 0.179 e.